The summed E-state index contributed by atoms with van der Waals surface area (Å²) in [6, 6.07) is 9.32. The molecule has 7 nitrogen and oxygen atoms in total. The third-order valence-corrected chi connectivity index (χ3v) is 6.22. The Labute approximate surface area is 142 Å². The molecule has 1 aromatic carbocycles. The maximum atomic E-state index is 12.3. The Morgan fingerprint density at radius 3 is 2.67 bits per heavy atom. The first-order chi connectivity index (χ1) is 11.5. The summed E-state index contributed by atoms with van der Waals surface area (Å²) in [6.07, 6.45) is 0. The number of amides is 1. The van der Waals surface area contributed by atoms with E-state index in [0.717, 1.165) is 5.69 Å². The third-order valence-electron chi connectivity index (χ3n) is 4.39. The van der Waals surface area contributed by atoms with E-state index in [4.69, 9.17) is 9.47 Å². The van der Waals surface area contributed by atoms with Gasteiger partial charge >= 0.3 is 0 Å². The predicted molar refractivity (Wildman–Crippen MR) is 89.3 cm³/mol. The van der Waals surface area contributed by atoms with E-state index < -0.39 is 15.6 Å². The monoisotopic (exact) mass is 354 g/mol. The first kappa shape index (κ1) is 17.3. The van der Waals surface area contributed by atoms with Crippen molar-refractivity contribution >= 4 is 21.6 Å². The normalized spacial score (nSPS) is 26.5. The zero-order chi connectivity index (χ0) is 17.2. The van der Waals surface area contributed by atoms with Gasteiger partial charge in [0.2, 0.25) is 10.0 Å². The quantitative estimate of drug-likeness (QED) is 0.789. The maximum absolute atomic E-state index is 12.3. The number of nitrogens with zero attached hydrogens (tertiary/aromatic N) is 2. The zero-order valence-corrected chi connectivity index (χ0v) is 14.5. The van der Waals surface area contributed by atoms with Crippen LogP contribution in [0.5, 0.6) is 0 Å². The van der Waals surface area contributed by atoms with Gasteiger partial charge in [-0.05, 0) is 19.1 Å². The van der Waals surface area contributed by atoms with Gasteiger partial charge in [0.15, 0.2) is 0 Å². The Bertz CT molecular complexity index is 694. The summed E-state index contributed by atoms with van der Waals surface area (Å²) in [5.41, 5.74) is -0.0676. The first-order valence-electron chi connectivity index (χ1n) is 8.01. The van der Waals surface area contributed by atoms with Crippen LogP contribution in [0.1, 0.15) is 6.92 Å². The van der Waals surface area contributed by atoms with Crippen LogP contribution in [0.25, 0.3) is 0 Å². The van der Waals surface area contributed by atoms with Crippen molar-refractivity contribution in [2.24, 2.45) is 0 Å². The SMILES string of the molecule is CCS(=O)(=O)N1CCOC[C@@]2(CN(c3ccccc3)C(=O)CO2)C1. The number of hydrogen-bond donors (Lipinski definition) is 0. The zero-order valence-electron chi connectivity index (χ0n) is 13.7. The van der Waals surface area contributed by atoms with Crippen molar-refractivity contribution < 1.29 is 22.7 Å². The Morgan fingerprint density at radius 2 is 1.96 bits per heavy atom. The number of carbonyl (C=O) groups excluding carboxylic acids is 1. The summed E-state index contributed by atoms with van der Waals surface area (Å²) < 4.78 is 37.4. The van der Waals surface area contributed by atoms with E-state index in [9.17, 15) is 13.2 Å². The van der Waals surface area contributed by atoms with Crippen molar-refractivity contribution in [1.29, 1.82) is 0 Å². The van der Waals surface area contributed by atoms with Crippen LogP contribution in [0, 0.1) is 0 Å². The lowest BCUT2D eigenvalue weighted by molar-refractivity contribution is -0.145. The summed E-state index contributed by atoms with van der Waals surface area (Å²) in [4.78, 5) is 13.9. The smallest absolute Gasteiger partial charge is 0.253 e. The van der Waals surface area contributed by atoms with Crippen molar-refractivity contribution in [3.05, 3.63) is 30.3 Å². The topological polar surface area (TPSA) is 76.2 Å². The summed E-state index contributed by atoms with van der Waals surface area (Å²) in [6.45, 7) is 2.89. The molecule has 1 atom stereocenters. The van der Waals surface area contributed by atoms with Gasteiger partial charge in [0.1, 0.15) is 12.2 Å². The molecule has 1 aromatic rings. The number of ether oxygens (including phenoxy) is 2. The van der Waals surface area contributed by atoms with Gasteiger partial charge in [-0.3, -0.25) is 4.79 Å². The van der Waals surface area contributed by atoms with Gasteiger partial charge in [-0.15, -0.1) is 0 Å². The molecule has 0 aromatic heterocycles. The highest BCUT2D eigenvalue weighted by Gasteiger charge is 2.45. The Balaban J connectivity index is 1.87. The summed E-state index contributed by atoms with van der Waals surface area (Å²) >= 11 is 0. The Kier molecular flexibility index (Phi) is 4.91. The van der Waals surface area contributed by atoms with E-state index in [2.05, 4.69) is 0 Å². The highest BCUT2D eigenvalue weighted by atomic mass is 32.2. The number of anilines is 1. The number of morpholine rings is 1. The van der Waals surface area contributed by atoms with Gasteiger partial charge < -0.3 is 14.4 Å². The molecule has 0 bridgehead atoms. The minimum atomic E-state index is -3.35. The molecule has 3 rings (SSSR count). The minimum absolute atomic E-state index is 0.0322. The first-order valence-corrected chi connectivity index (χ1v) is 9.62. The standard InChI is InChI=1S/C16H22N2O5S/c1-2-24(20,21)17-8-9-22-13-16(11-17)12-18(15(19)10-23-16)14-6-4-3-5-7-14/h3-7H,2,8-13H2,1H3/t16-/m0/s1. The summed E-state index contributed by atoms with van der Waals surface area (Å²) in [7, 11) is -3.35. The average Bonchev–Trinajstić information content (AvgIpc) is 2.81. The number of hydrogen-bond acceptors (Lipinski definition) is 5. The molecule has 1 amide bonds. The molecule has 1 spiro atoms. The fourth-order valence-electron chi connectivity index (χ4n) is 3.03. The molecule has 2 fully saturated rings. The second-order valence-corrected chi connectivity index (χ2v) is 8.33. The van der Waals surface area contributed by atoms with Crippen LogP contribution in [-0.2, 0) is 24.3 Å². The van der Waals surface area contributed by atoms with Gasteiger partial charge in [-0.25, -0.2) is 8.42 Å². The van der Waals surface area contributed by atoms with Crippen LogP contribution in [-0.4, -0.2) is 69.4 Å². The third kappa shape index (κ3) is 3.46. The molecular weight excluding hydrogens is 332 g/mol. The van der Waals surface area contributed by atoms with E-state index in [1.165, 1.54) is 4.31 Å². The second kappa shape index (κ2) is 6.79. The molecule has 0 saturated carbocycles. The van der Waals surface area contributed by atoms with Crippen LogP contribution in [0.2, 0.25) is 0 Å². The van der Waals surface area contributed by atoms with Gasteiger partial charge in [-0.1, -0.05) is 18.2 Å². The number of carbonyl (C=O) groups is 1. The molecule has 2 aliphatic heterocycles. The molecule has 132 valence electrons. The van der Waals surface area contributed by atoms with Crippen molar-refractivity contribution in [3.8, 4) is 0 Å². The van der Waals surface area contributed by atoms with Crippen molar-refractivity contribution in [2.45, 2.75) is 12.5 Å². The lowest BCUT2D eigenvalue weighted by atomic mass is 10.0. The van der Waals surface area contributed by atoms with E-state index in [0.29, 0.717) is 13.2 Å². The van der Waals surface area contributed by atoms with Gasteiger partial charge in [0.25, 0.3) is 5.91 Å². The van der Waals surface area contributed by atoms with Gasteiger partial charge in [-0.2, -0.15) is 4.31 Å². The molecular formula is C16H22N2O5S. The molecule has 24 heavy (non-hydrogen) atoms. The second-order valence-electron chi connectivity index (χ2n) is 6.07. The van der Waals surface area contributed by atoms with E-state index in [-0.39, 0.29) is 38.0 Å². The van der Waals surface area contributed by atoms with Crippen LogP contribution in [0.3, 0.4) is 0 Å². The molecule has 2 aliphatic rings. The Morgan fingerprint density at radius 1 is 1.21 bits per heavy atom. The molecule has 2 heterocycles. The molecule has 0 unspecified atom stereocenters. The van der Waals surface area contributed by atoms with Crippen molar-refractivity contribution in [1.82, 2.24) is 4.31 Å². The highest BCUT2D eigenvalue weighted by molar-refractivity contribution is 7.89. The highest BCUT2D eigenvalue weighted by Crippen LogP contribution is 2.28. The van der Waals surface area contributed by atoms with Gasteiger partial charge in [0.05, 0.1) is 25.5 Å². The van der Waals surface area contributed by atoms with Crippen LogP contribution >= 0.6 is 0 Å². The lowest BCUT2D eigenvalue weighted by Gasteiger charge is -2.42. The predicted octanol–water partition coefficient (Wildman–Crippen LogP) is 0.470. The van der Waals surface area contributed by atoms with E-state index in [1.54, 1.807) is 11.8 Å². The van der Waals surface area contributed by atoms with Crippen molar-refractivity contribution in [2.75, 3.05) is 50.1 Å². The Hall–Kier alpha value is -1.48. The van der Waals surface area contributed by atoms with E-state index >= 15 is 0 Å². The van der Waals surface area contributed by atoms with Crippen LogP contribution in [0.4, 0.5) is 5.69 Å². The van der Waals surface area contributed by atoms with Crippen LogP contribution in [0.15, 0.2) is 30.3 Å². The molecule has 0 N–H and O–H groups in total. The molecule has 2 saturated heterocycles. The number of para-hydroxylation sites is 1. The van der Waals surface area contributed by atoms with Crippen molar-refractivity contribution in [3.63, 3.8) is 0 Å². The fraction of sp³-hybridized carbons (Fsp3) is 0.562. The van der Waals surface area contributed by atoms with Gasteiger partial charge in [0, 0.05) is 18.8 Å². The largest absolute Gasteiger partial charge is 0.377 e. The molecule has 0 aliphatic carbocycles. The fourth-order valence-corrected chi connectivity index (χ4v) is 4.18. The minimum Gasteiger partial charge on any atom is -0.377 e. The summed E-state index contributed by atoms with van der Waals surface area (Å²) in [5, 5.41) is 0. The van der Waals surface area contributed by atoms with E-state index in [1.807, 2.05) is 30.3 Å². The average molecular weight is 354 g/mol. The maximum Gasteiger partial charge on any atom is 0.253 e. The number of rotatable bonds is 3. The lowest BCUT2D eigenvalue weighted by Crippen LogP contribution is -2.61. The van der Waals surface area contributed by atoms with Crippen LogP contribution < -0.4 is 4.90 Å². The molecule has 0 radical (unpaired) electrons. The summed E-state index contributed by atoms with van der Waals surface area (Å²) in [5.74, 6) is -0.106. The number of sulfonamides is 1. The number of benzene rings is 1. The molecule has 8 heteroatoms.